The predicted octanol–water partition coefficient (Wildman–Crippen LogP) is 3.16. The highest BCUT2D eigenvalue weighted by Crippen LogP contribution is 2.09. The highest BCUT2D eigenvalue weighted by molar-refractivity contribution is 7.99. The monoisotopic (exact) mass is 204 g/mol. The number of carboxylic acid groups (broad SMARTS) is 1. The van der Waals surface area contributed by atoms with Crippen molar-refractivity contribution < 1.29 is 9.90 Å². The van der Waals surface area contributed by atoms with Crippen LogP contribution in [0.25, 0.3) is 0 Å². The summed E-state index contributed by atoms with van der Waals surface area (Å²) in [5.74, 6) is 1.52. The second-order valence-electron chi connectivity index (χ2n) is 3.17. The van der Waals surface area contributed by atoms with E-state index in [4.69, 9.17) is 5.11 Å². The molecule has 0 bridgehead atoms. The number of carbonyl (C=O) groups is 1. The van der Waals surface area contributed by atoms with Crippen molar-refractivity contribution >= 4 is 17.7 Å². The molecule has 0 spiro atoms. The van der Waals surface area contributed by atoms with E-state index < -0.39 is 5.97 Å². The minimum absolute atomic E-state index is 0.321. The Balaban J connectivity index is 2.87. The van der Waals surface area contributed by atoms with E-state index in [-0.39, 0.29) is 0 Å². The van der Waals surface area contributed by atoms with Crippen molar-refractivity contribution in [3.05, 3.63) is 0 Å². The number of thioether (sulfide) groups is 1. The molecule has 0 saturated heterocycles. The molecule has 0 heterocycles. The summed E-state index contributed by atoms with van der Waals surface area (Å²) in [5, 5.41) is 8.38. The van der Waals surface area contributed by atoms with Crippen LogP contribution in [0.1, 0.15) is 45.4 Å². The average molecular weight is 204 g/mol. The summed E-state index contributed by atoms with van der Waals surface area (Å²) in [7, 11) is 0. The molecule has 0 rings (SSSR count). The van der Waals surface area contributed by atoms with Gasteiger partial charge in [0, 0.05) is 6.42 Å². The van der Waals surface area contributed by atoms with E-state index in [1.54, 1.807) is 0 Å². The van der Waals surface area contributed by atoms with Crippen LogP contribution in [0.2, 0.25) is 0 Å². The third-order valence-corrected chi connectivity index (χ3v) is 2.98. The van der Waals surface area contributed by atoms with Gasteiger partial charge in [-0.2, -0.15) is 11.8 Å². The van der Waals surface area contributed by atoms with Crippen LogP contribution < -0.4 is 0 Å². The van der Waals surface area contributed by atoms with Crippen molar-refractivity contribution in [1.82, 2.24) is 0 Å². The Bertz CT molecular complexity index is 126. The SMILES string of the molecule is CCCCCCSCCCC(=O)O. The van der Waals surface area contributed by atoms with Crippen LogP contribution >= 0.6 is 11.8 Å². The fourth-order valence-electron chi connectivity index (χ4n) is 1.06. The average Bonchev–Trinajstić information content (AvgIpc) is 2.09. The third kappa shape index (κ3) is 11.8. The Hall–Kier alpha value is -0.180. The molecular formula is C10H20O2S. The normalized spacial score (nSPS) is 10.2. The summed E-state index contributed by atoms with van der Waals surface area (Å²) in [4.78, 5) is 10.2. The summed E-state index contributed by atoms with van der Waals surface area (Å²) in [6.07, 6.45) is 6.35. The Kier molecular flexibility index (Phi) is 9.77. The zero-order valence-corrected chi connectivity index (χ0v) is 9.24. The van der Waals surface area contributed by atoms with Gasteiger partial charge in [0.15, 0.2) is 0 Å². The molecule has 0 aromatic rings. The molecule has 0 amide bonds. The van der Waals surface area contributed by atoms with Crippen molar-refractivity contribution in [1.29, 1.82) is 0 Å². The van der Waals surface area contributed by atoms with Gasteiger partial charge in [0.1, 0.15) is 0 Å². The highest BCUT2D eigenvalue weighted by Gasteiger charge is 1.96. The van der Waals surface area contributed by atoms with Gasteiger partial charge in [0.25, 0.3) is 0 Å². The smallest absolute Gasteiger partial charge is 0.303 e. The first-order valence-electron chi connectivity index (χ1n) is 5.07. The maximum absolute atomic E-state index is 10.2. The van der Waals surface area contributed by atoms with Crippen LogP contribution in [0, 0.1) is 0 Å². The number of hydrogen-bond acceptors (Lipinski definition) is 2. The first kappa shape index (κ1) is 12.8. The van der Waals surface area contributed by atoms with Gasteiger partial charge in [-0.15, -0.1) is 0 Å². The molecule has 0 radical (unpaired) electrons. The van der Waals surface area contributed by atoms with Gasteiger partial charge >= 0.3 is 5.97 Å². The summed E-state index contributed by atoms with van der Waals surface area (Å²) < 4.78 is 0. The van der Waals surface area contributed by atoms with E-state index in [2.05, 4.69) is 6.92 Å². The predicted molar refractivity (Wildman–Crippen MR) is 58.3 cm³/mol. The van der Waals surface area contributed by atoms with Gasteiger partial charge < -0.3 is 5.11 Å². The second-order valence-corrected chi connectivity index (χ2v) is 4.40. The van der Waals surface area contributed by atoms with Crippen molar-refractivity contribution in [2.45, 2.75) is 45.4 Å². The van der Waals surface area contributed by atoms with E-state index in [9.17, 15) is 4.79 Å². The Labute approximate surface area is 85.1 Å². The third-order valence-electron chi connectivity index (χ3n) is 1.82. The summed E-state index contributed by atoms with van der Waals surface area (Å²) in [6, 6.07) is 0. The van der Waals surface area contributed by atoms with Gasteiger partial charge in [-0.1, -0.05) is 26.2 Å². The molecule has 0 aromatic heterocycles. The molecule has 0 aliphatic rings. The molecule has 0 aliphatic heterocycles. The Morgan fingerprint density at radius 3 is 2.46 bits per heavy atom. The number of rotatable bonds is 9. The van der Waals surface area contributed by atoms with Gasteiger partial charge in [0.2, 0.25) is 0 Å². The van der Waals surface area contributed by atoms with Crippen LogP contribution in [0.5, 0.6) is 0 Å². The molecule has 0 aliphatic carbocycles. The summed E-state index contributed by atoms with van der Waals surface area (Å²) in [5.41, 5.74) is 0. The van der Waals surface area contributed by atoms with Crippen LogP contribution in [0.4, 0.5) is 0 Å². The topological polar surface area (TPSA) is 37.3 Å². The van der Waals surface area contributed by atoms with E-state index in [0.717, 1.165) is 12.2 Å². The quantitative estimate of drug-likeness (QED) is 0.586. The van der Waals surface area contributed by atoms with Gasteiger partial charge in [0.05, 0.1) is 0 Å². The van der Waals surface area contributed by atoms with E-state index in [0.29, 0.717) is 6.42 Å². The van der Waals surface area contributed by atoms with Crippen LogP contribution in [0.3, 0.4) is 0 Å². The Morgan fingerprint density at radius 1 is 1.15 bits per heavy atom. The van der Waals surface area contributed by atoms with Gasteiger partial charge in [-0.25, -0.2) is 0 Å². The molecule has 13 heavy (non-hydrogen) atoms. The maximum Gasteiger partial charge on any atom is 0.303 e. The van der Waals surface area contributed by atoms with Crippen molar-refractivity contribution in [3.8, 4) is 0 Å². The number of aliphatic carboxylic acids is 1. The van der Waals surface area contributed by atoms with E-state index >= 15 is 0 Å². The van der Waals surface area contributed by atoms with E-state index in [1.165, 1.54) is 31.4 Å². The summed E-state index contributed by atoms with van der Waals surface area (Å²) in [6.45, 7) is 2.21. The highest BCUT2D eigenvalue weighted by atomic mass is 32.2. The van der Waals surface area contributed by atoms with Gasteiger partial charge in [-0.05, 0) is 24.3 Å². The Morgan fingerprint density at radius 2 is 1.85 bits per heavy atom. The molecule has 2 nitrogen and oxygen atoms in total. The maximum atomic E-state index is 10.2. The summed E-state index contributed by atoms with van der Waals surface area (Å²) >= 11 is 1.88. The molecule has 0 unspecified atom stereocenters. The lowest BCUT2D eigenvalue weighted by Gasteiger charge is -1.99. The van der Waals surface area contributed by atoms with Crippen molar-refractivity contribution in [3.63, 3.8) is 0 Å². The largest absolute Gasteiger partial charge is 0.481 e. The molecule has 3 heteroatoms. The first-order chi connectivity index (χ1) is 6.27. The van der Waals surface area contributed by atoms with Crippen molar-refractivity contribution in [2.24, 2.45) is 0 Å². The molecule has 0 fully saturated rings. The lowest BCUT2D eigenvalue weighted by atomic mass is 10.2. The molecular weight excluding hydrogens is 184 g/mol. The lowest BCUT2D eigenvalue weighted by molar-refractivity contribution is -0.137. The van der Waals surface area contributed by atoms with Crippen LogP contribution in [-0.4, -0.2) is 22.6 Å². The zero-order valence-electron chi connectivity index (χ0n) is 8.42. The zero-order chi connectivity index (χ0) is 9.94. The van der Waals surface area contributed by atoms with Crippen molar-refractivity contribution in [2.75, 3.05) is 11.5 Å². The van der Waals surface area contributed by atoms with E-state index in [1.807, 2.05) is 11.8 Å². The molecule has 0 atom stereocenters. The molecule has 0 aromatic carbocycles. The van der Waals surface area contributed by atoms with Crippen LogP contribution in [-0.2, 0) is 4.79 Å². The number of unbranched alkanes of at least 4 members (excludes halogenated alkanes) is 3. The lowest BCUT2D eigenvalue weighted by Crippen LogP contribution is -1.95. The van der Waals surface area contributed by atoms with Crippen LogP contribution in [0.15, 0.2) is 0 Å². The molecule has 1 N–H and O–H groups in total. The fraction of sp³-hybridized carbons (Fsp3) is 0.900. The molecule has 78 valence electrons. The van der Waals surface area contributed by atoms with Gasteiger partial charge in [-0.3, -0.25) is 4.79 Å². The minimum atomic E-state index is -0.674. The minimum Gasteiger partial charge on any atom is -0.481 e. The second kappa shape index (κ2) is 9.90. The number of carboxylic acids is 1. The standard InChI is InChI=1S/C10H20O2S/c1-2-3-4-5-8-13-9-6-7-10(11)12/h2-9H2,1H3,(H,11,12). The molecule has 0 saturated carbocycles. The first-order valence-corrected chi connectivity index (χ1v) is 6.22. The fourth-order valence-corrected chi connectivity index (χ4v) is 2.02. The number of hydrogen-bond donors (Lipinski definition) is 1.